The molecule has 0 saturated carbocycles. The van der Waals surface area contributed by atoms with Crippen LogP contribution in [0.1, 0.15) is 47.0 Å². The van der Waals surface area contributed by atoms with Gasteiger partial charge in [-0.15, -0.1) is 0 Å². The standard InChI is InChI=1S/C13H28N2O/c1-5-15(6-2)9-7-8-13(14-11-16)10-12(3)4/h11-13H,5-10H2,1-4H3,(H,14,16). The maximum atomic E-state index is 10.5. The largest absolute Gasteiger partial charge is 0.356 e. The summed E-state index contributed by atoms with van der Waals surface area (Å²) in [4.78, 5) is 12.9. The second-order valence-electron chi connectivity index (χ2n) is 4.78. The molecular formula is C13H28N2O. The Kier molecular flexibility index (Phi) is 9.30. The third-order valence-corrected chi connectivity index (χ3v) is 2.98. The summed E-state index contributed by atoms with van der Waals surface area (Å²) in [6.45, 7) is 12.2. The van der Waals surface area contributed by atoms with Crippen LogP contribution in [0.15, 0.2) is 0 Å². The fraction of sp³-hybridized carbons (Fsp3) is 0.923. The van der Waals surface area contributed by atoms with Crippen molar-refractivity contribution in [2.24, 2.45) is 5.92 Å². The Morgan fingerprint density at radius 1 is 1.25 bits per heavy atom. The molecule has 0 aromatic heterocycles. The molecule has 1 unspecified atom stereocenters. The predicted molar refractivity (Wildman–Crippen MR) is 69.5 cm³/mol. The van der Waals surface area contributed by atoms with Crippen LogP contribution in [0, 0.1) is 5.92 Å². The molecule has 96 valence electrons. The first-order valence-electron chi connectivity index (χ1n) is 6.56. The first-order chi connectivity index (χ1) is 7.63. The van der Waals surface area contributed by atoms with Crippen molar-refractivity contribution in [3.63, 3.8) is 0 Å². The highest BCUT2D eigenvalue weighted by molar-refractivity contribution is 5.46. The van der Waals surface area contributed by atoms with E-state index >= 15 is 0 Å². The van der Waals surface area contributed by atoms with Gasteiger partial charge in [-0.2, -0.15) is 0 Å². The molecule has 0 aliphatic carbocycles. The van der Waals surface area contributed by atoms with Gasteiger partial charge in [-0.1, -0.05) is 27.7 Å². The van der Waals surface area contributed by atoms with E-state index in [-0.39, 0.29) is 0 Å². The van der Waals surface area contributed by atoms with Crippen LogP contribution < -0.4 is 5.32 Å². The molecule has 1 amide bonds. The molecule has 0 aromatic rings. The van der Waals surface area contributed by atoms with Crippen LogP contribution in [0.4, 0.5) is 0 Å². The van der Waals surface area contributed by atoms with E-state index in [0.29, 0.717) is 12.0 Å². The number of amides is 1. The van der Waals surface area contributed by atoms with Crippen LogP contribution in [-0.4, -0.2) is 37.0 Å². The maximum absolute atomic E-state index is 10.5. The topological polar surface area (TPSA) is 32.3 Å². The smallest absolute Gasteiger partial charge is 0.207 e. The van der Waals surface area contributed by atoms with E-state index in [1.807, 2.05) is 0 Å². The molecule has 0 aliphatic rings. The van der Waals surface area contributed by atoms with Crippen molar-refractivity contribution < 1.29 is 4.79 Å². The summed E-state index contributed by atoms with van der Waals surface area (Å²) in [5, 5.41) is 2.92. The lowest BCUT2D eigenvalue weighted by Gasteiger charge is -2.21. The SMILES string of the molecule is CCN(CC)CCCC(CC(C)C)NC=O. The minimum Gasteiger partial charge on any atom is -0.356 e. The minimum atomic E-state index is 0.355. The maximum Gasteiger partial charge on any atom is 0.207 e. The number of nitrogens with one attached hydrogen (secondary N) is 1. The molecule has 0 spiro atoms. The third kappa shape index (κ3) is 7.69. The Morgan fingerprint density at radius 3 is 2.31 bits per heavy atom. The summed E-state index contributed by atoms with van der Waals surface area (Å²) in [5.74, 6) is 0.644. The van der Waals surface area contributed by atoms with Gasteiger partial charge in [0.2, 0.25) is 6.41 Å². The number of rotatable bonds is 10. The number of nitrogens with zero attached hydrogens (tertiary/aromatic N) is 1. The van der Waals surface area contributed by atoms with Crippen LogP contribution in [0.25, 0.3) is 0 Å². The van der Waals surface area contributed by atoms with E-state index in [1.54, 1.807) is 0 Å². The van der Waals surface area contributed by atoms with Gasteiger partial charge in [0.25, 0.3) is 0 Å². The Balaban J connectivity index is 3.78. The molecule has 0 aliphatic heterocycles. The van der Waals surface area contributed by atoms with Gasteiger partial charge in [-0.3, -0.25) is 4.79 Å². The van der Waals surface area contributed by atoms with Crippen LogP contribution in [0.3, 0.4) is 0 Å². The molecule has 0 aromatic carbocycles. The van der Waals surface area contributed by atoms with Crippen LogP contribution in [0.2, 0.25) is 0 Å². The summed E-state index contributed by atoms with van der Waals surface area (Å²) in [6.07, 6.45) is 4.18. The molecule has 3 nitrogen and oxygen atoms in total. The van der Waals surface area contributed by atoms with Gasteiger partial charge in [0.05, 0.1) is 0 Å². The minimum absolute atomic E-state index is 0.355. The quantitative estimate of drug-likeness (QED) is 0.582. The normalized spacial score (nSPS) is 13.1. The lowest BCUT2D eigenvalue weighted by atomic mass is 10.00. The van der Waals surface area contributed by atoms with Gasteiger partial charge < -0.3 is 10.2 Å². The highest BCUT2D eigenvalue weighted by atomic mass is 16.1. The third-order valence-electron chi connectivity index (χ3n) is 2.98. The molecule has 16 heavy (non-hydrogen) atoms. The zero-order valence-electron chi connectivity index (χ0n) is 11.3. The highest BCUT2D eigenvalue weighted by Crippen LogP contribution is 2.10. The average molecular weight is 228 g/mol. The van der Waals surface area contributed by atoms with Crippen molar-refractivity contribution in [3.8, 4) is 0 Å². The first kappa shape index (κ1) is 15.4. The second-order valence-corrected chi connectivity index (χ2v) is 4.78. The van der Waals surface area contributed by atoms with Crippen molar-refractivity contribution in [3.05, 3.63) is 0 Å². The van der Waals surface area contributed by atoms with Crippen LogP contribution in [0.5, 0.6) is 0 Å². The molecule has 0 rings (SSSR count). The summed E-state index contributed by atoms with van der Waals surface area (Å²) in [7, 11) is 0. The van der Waals surface area contributed by atoms with Gasteiger partial charge in [0, 0.05) is 6.04 Å². The van der Waals surface area contributed by atoms with Gasteiger partial charge in [-0.05, 0) is 44.8 Å². The lowest BCUT2D eigenvalue weighted by Crippen LogP contribution is -2.31. The van der Waals surface area contributed by atoms with Crippen molar-refractivity contribution in [1.29, 1.82) is 0 Å². The summed E-state index contributed by atoms with van der Waals surface area (Å²) in [6, 6.07) is 0.355. The Labute approximate surface area is 101 Å². The van der Waals surface area contributed by atoms with Crippen LogP contribution in [-0.2, 0) is 4.79 Å². The molecule has 0 saturated heterocycles. The Hall–Kier alpha value is -0.570. The zero-order chi connectivity index (χ0) is 12.4. The van der Waals surface area contributed by atoms with Crippen LogP contribution >= 0.6 is 0 Å². The second kappa shape index (κ2) is 9.64. The van der Waals surface area contributed by atoms with Gasteiger partial charge in [-0.25, -0.2) is 0 Å². The fourth-order valence-electron chi connectivity index (χ4n) is 2.04. The van der Waals surface area contributed by atoms with E-state index in [4.69, 9.17) is 0 Å². The fourth-order valence-corrected chi connectivity index (χ4v) is 2.04. The van der Waals surface area contributed by atoms with E-state index in [1.165, 1.54) is 6.42 Å². The number of hydrogen-bond donors (Lipinski definition) is 1. The molecule has 1 N–H and O–H groups in total. The van der Waals surface area contributed by atoms with E-state index < -0.39 is 0 Å². The molecule has 0 heterocycles. The monoisotopic (exact) mass is 228 g/mol. The van der Waals surface area contributed by atoms with Crippen molar-refractivity contribution in [1.82, 2.24) is 10.2 Å². The Morgan fingerprint density at radius 2 is 1.88 bits per heavy atom. The molecule has 0 bridgehead atoms. The molecule has 3 heteroatoms. The van der Waals surface area contributed by atoms with E-state index in [0.717, 1.165) is 38.9 Å². The number of carbonyl (C=O) groups excluding carboxylic acids is 1. The Bertz CT molecular complexity index is 167. The van der Waals surface area contributed by atoms with Gasteiger partial charge in [0.15, 0.2) is 0 Å². The van der Waals surface area contributed by atoms with Crippen molar-refractivity contribution in [2.75, 3.05) is 19.6 Å². The van der Waals surface area contributed by atoms with Crippen molar-refractivity contribution >= 4 is 6.41 Å². The number of carbonyl (C=O) groups is 1. The highest BCUT2D eigenvalue weighted by Gasteiger charge is 2.10. The molecule has 0 fully saturated rings. The van der Waals surface area contributed by atoms with Gasteiger partial charge in [0.1, 0.15) is 0 Å². The predicted octanol–water partition coefficient (Wildman–Crippen LogP) is 2.27. The zero-order valence-corrected chi connectivity index (χ0v) is 11.3. The summed E-state index contributed by atoms with van der Waals surface area (Å²) in [5.41, 5.74) is 0. The van der Waals surface area contributed by atoms with E-state index in [2.05, 4.69) is 37.9 Å². The number of hydrogen-bond acceptors (Lipinski definition) is 2. The van der Waals surface area contributed by atoms with Crippen molar-refractivity contribution in [2.45, 2.75) is 53.0 Å². The summed E-state index contributed by atoms with van der Waals surface area (Å²) >= 11 is 0. The first-order valence-corrected chi connectivity index (χ1v) is 6.56. The lowest BCUT2D eigenvalue weighted by molar-refractivity contribution is -0.110. The molecule has 1 atom stereocenters. The van der Waals surface area contributed by atoms with E-state index in [9.17, 15) is 4.79 Å². The average Bonchev–Trinajstić information content (AvgIpc) is 2.24. The summed E-state index contributed by atoms with van der Waals surface area (Å²) < 4.78 is 0. The molecular weight excluding hydrogens is 200 g/mol. The molecule has 0 radical (unpaired) electrons. The van der Waals surface area contributed by atoms with Gasteiger partial charge >= 0.3 is 0 Å².